The van der Waals surface area contributed by atoms with E-state index in [1.165, 1.54) is 17.8 Å². The molecule has 1 aromatic heterocycles. The molecule has 1 amide bonds. The van der Waals surface area contributed by atoms with Crippen LogP contribution in [0, 0.1) is 0 Å². The van der Waals surface area contributed by atoms with Gasteiger partial charge in [-0.15, -0.1) is 11.3 Å². The zero-order chi connectivity index (χ0) is 19.4. The molecular weight excluding hydrogens is 362 g/mol. The largest absolute Gasteiger partial charge is 0.493 e. The van der Waals surface area contributed by atoms with Crippen LogP contribution in [0.1, 0.15) is 42.3 Å². The number of methoxy groups -OCH3 is 3. The third kappa shape index (κ3) is 3.76. The Hall–Kier alpha value is -2.21. The van der Waals surface area contributed by atoms with E-state index in [9.17, 15) is 4.79 Å². The van der Waals surface area contributed by atoms with Crippen molar-refractivity contribution < 1.29 is 19.0 Å². The lowest BCUT2D eigenvalue weighted by Crippen LogP contribution is -2.43. The van der Waals surface area contributed by atoms with Crippen molar-refractivity contribution in [1.82, 2.24) is 4.90 Å². The van der Waals surface area contributed by atoms with Gasteiger partial charge in [0.2, 0.25) is 5.75 Å². The number of benzene rings is 1. The van der Waals surface area contributed by atoms with Gasteiger partial charge in [0, 0.05) is 23.0 Å². The normalized spacial score (nSPS) is 16.9. The first-order valence-corrected chi connectivity index (χ1v) is 10.2. The SMILES string of the molecule is CC[C@H]1CCCCN1C(=O)c1ccc(-c2ccc(OC)c(OC)c2OC)s1. The summed E-state index contributed by atoms with van der Waals surface area (Å²) in [5, 5.41) is 0. The van der Waals surface area contributed by atoms with E-state index < -0.39 is 0 Å². The second kappa shape index (κ2) is 8.65. The van der Waals surface area contributed by atoms with Gasteiger partial charge < -0.3 is 19.1 Å². The highest BCUT2D eigenvalue weighted by atomic mass is 32.1. The van der Waals surface area contributed by atoms with Crippen molar-refractivity contribution in [2.75, 3.05) is 27.9 Å². The number of ether oxygens (including phenoxy) is 3. The Balaban J connectivity index is 1.93. The molecule has 0 aliphatic carbocycles. The van der Waals surface area contributed by atoms with Crippen LogP contribution >= 0.6 is 11.3 Å². The minimum Gasteiger partial charge on any atom is -0.493 e. The van der Waals surface area contributed by atoms with Crippen molar-refractivity contribution >= 4 is 17.2 Å². The Labute approximate surface area is 164 Å². The lowest BCUT2D eigenvalue weighted by atomic mass is 10.00. The van der Waals surface area contributed by atoms with Gasteiger partial charge in [0.05, 0.1) is 26.2 Å². The first-order chi connectivity index (χ1) is 13.1. The zero-order valence-corrected chi connectivity index (χ0v) is 17.2. The average Bonchev–Trinajstić information content (AvgIpc) is 3.21. The Morgan fingerprint density at radius 1 is 1.07 bits per heavy atom. The maximum Gasteiger partial charge on any atom is 0.264 e. The summed E-state index contributed by atoms with van der Waals surface area (Å²) in [6, 6.07) is 8.05. The highest BCUT2D eigenvalue weighted by Crippen LogP contribution is 2.46. The molecule has 27 heavy (non-hydrogen) atoms. The van der Waals surface area contributed by atoms with Gasteiger partial charge in [-0.2, -0.15) is 0 Å². The van der Waals surface area contributed by atoms with Gasteiger partial charge in [0.25, 0.3) is 5.91 Å². The number of carbonyl (C=O) groups is 1. The van der Waals surface area contributed by atoms with E-state index in [4.69, 9.17) is 14.2 Å². The van der Waals surface area contributed by atoms with Crippen LogP contribution in [0.4, 0.5) is 0 Å². The number of nitrogens with zero attached hydrogens (tertiary/aromatic N) is 1. The quantitative estimate of drug-likeness (QED) is 0.709. The molecule has 0 unspecified atom stereocenters. The molecule has 1 aliphatic heterocycles. The smallest absolute Gasteiger partial charge is 0.264 e. The van der Waals surface area contributed by atoms with Crippen molar-refractivity contribution in [2.24, 2.45) is 0 Å². The van der Waals surface area contributed by atoms with Crippen molar-refractivity contribution in [2.45, 2.75) is 38.6 Å². The molecular formula is C21H27NO4S. The molecule has 0 radical (unpaired) electrons. The molecule has 1 fully saturated rings. The summed E-state index contributed by atoms with van der Waals surface area (Å²) in [4.78, 5) is 16.8. The Kier molecular flexibility index (Phi) is 6.26. The van der Waals surface area contributed by atoms with E-state index in [1.807, 2.05) is 29.2 Å². The maximum atomic E-state index is 13.1. The molecule has 0 spiro atoms. The molecule has 6 heteroatoms. The number of hydrogen-bond donors (Lipinski definition) is 0. The fourth-order valence-corrected chi connectivity index (χ4v) is 4.71. The number of likely N-dealkylation sites (tertiary alicyclic amines) is 1. The zero-order valence-electron chi connectivity index (χ0n) is 16.4. The van der Waals surface area contributed by atoms with Crippen LogP contribution < -0.4 is 14.2 Å². The van der Waals surface area contributed by atoms with Gasteiger partial charge in [-0.1, -0.05) is 6.92 Å². The molecule has 0 bridgehead atoms. The number of hydrogen-bond acceptors (Lipinski definition) is 5. The summed E-state index contributed by atoms with van der Waals surface area (Å²) in [7, 11) is 4.80. The fraction of sp³-hybridized carbons (Fsp3) is 0.476. The summed E-state index contributed by atoms with van der Waals surface area (Å²) in [6.07, 6.45) is 4.41. The van der Waals surface area contributed by atoms with E-state index in [-0.39, 0.29) is 5.91 Å². The standard InChI is InChI=1S/C21H27NO4S/c1-5-14-8-6-7-13-22(14)21(23)18-12-11-17(27-18)15-9-10-16(24-2)20(26-4)19(15)25-3/h9-12,14H,5-8,13H2,1-4H3/t14-/m0/s1. The van der Waals surface area contributed by atoms with Crippen LogP contribution in [0.5, 0.6) is 17.2 Å². The number of carbonyl (C=O) groups excluding carboxylic acids is 1. The van der Waals surface area contributed by atoms with Gasteiger partial charge in [-0.3, -0.25) is 4.79 Å². The van der Waals surface area contributed by atoms with E-state index >= 15 is 0 Å². The van der Waals surface area contributed by atoms with Crippen LogP contribution in [-0.2, 0) is 0 Å². The summed E-state index contributed by atoms with van der Waals surface area (Å²) < 4.78 is 16.4. The number of rotatable bonds is 6. The van der Waals surface area contributed by atoms with E-state index in [2.05, 4.69) is 6.92 Å². The summed E-state index contributed by atoms with van der Waals surface area (Å²) >= 11 is 1.49. The fourth-order valence-electron chi connectivity index (χ4n) is 3.73. The van der Waals surface area contributed by atoms with Crippen molar-refractivity contribution in [3.05, 3.63) is 29.1 Å². The minimum absolute atomic E-state index is 0.136. The molecule has 0 N–H and O–H groups in total. The molecule has 1 aliphatic rings. The highest BCUT2D eigenvalue weighted by Gasteiger charge is 2.27. The molecule has 2 heterocycles. The lowest BCUT2D eigenvalue weighted by Gasteiger charge is -2.35. The Bertz CT molecular complexity index is 801. The van der Waals surface area contributed by atoms with Crippen molar-refractivity contribution in [3.63, 3.8) is 0 Å². The summed E-state index contributed by atoms with van der Waals surface area (Å²) in [5.74, 6) is 1.92. The van der Waals surface area contributed by atoms with Gasteiger partial charge in [0.15, 0.2) is 11.5 Å². The van der Waals surface area contributed by atoms with Crippen molar-refractivity contribution in [3.8, 4) is 27.7 Å². The number of thiophene rings is 1. The Morgan fingerprint density at radius 3 is 2.52 bits per heavy atom. The first kappa shape index (κ1) is 19.5. The first-order valence-electron chi connectivity index (χ1n) is 9.34. The minimum atomic E-state index is 0.136. The second-order valence-corrected chi connectivity index (χ2v) is 7.69. The van der Waals surface area contributed by atoms with Gasteiger partial charge >= 0.3 is 0 Å². The third-order valence-corrected chi connectivity index (χ3v) is 6.25. The van der Waals surface area contributed by atoms with Crippen LogP contribution in [0.3, 0.4) is 0 Å². The molecule has 3 rings (SSSR count). The lowest BCUT2D eigenvalue weighted by molar-refractivity contribution is 0.0613. The predicted octanol–water partition coefficient (Wildman–Crippen LogP) is 4.85. The number of amides is 1. The molecule has 1 atom stereocenters. The molecule has 0 saturated carbocycles. The summed E-state index contributed by atoms with van der Waals surface area (Å²) in [5.41, 5.74) is 0.893. The van der Waals surface area contributed by atoms with E-state index in [0.29, 0.717) is 23.3 Å². The molecule has 146 valence electrons. The number of piperidine rings is 1. The topological polar surface area (TPSA) is 48.0 Å². The molecule has 1 aromatic carbocycles. The van der Waals surface area contributed by atoms with Gasteiger partial charge in [-0.05, 0) is 49.9 Å². The molecule has 5 nitrogen and oxygen atoms in total. The van der Waals surface area contributed by atoms with Gasteiger partial charge in [-0.25, -0.2) is 0 Å². The van der Waals surface area contributed by atoms with Crippen LogP contribution in [0.25, 0.3) is 10.4 Å². The monoisotopic (exact) mass is 389 g/mol. The third-order valence-electron chi connectivity index (χ3n) is 5.15. The molecule has 1 saturated heterocycles. The molecule has 2 aromatic rings. The Morgan fingerprint density at radius 2 is 1.85 bits per heavy atom. The van der Waals surface area contributed by atoms with Gasteiger partial charge in [0.1, 0.15) is 0 Å². The predicted molar refractivity (Wildman–Crippen MR) is 108 cm³/mol. The van der Waals surface area contributed by atoms with Crippen LogP contribution in [-0.4, -0.2) is 44.7 Å². The summed E-state index contributed by atoms with van der Waals surface area (Å²) in [6.45, 7) is 3.01. The van der Waals surface area contributed by atoms with Crippen LogP contribution in [0.15, 0.2) is 24.3 Å². The average molecular weight is 390 g/mol. The highest BCUT2D eigenvalue weighted by molar-refractivity contribution is 7.17. The van der Waals surface area contributed by atoms with Crippen molar-refractivity contribution in [1.29, 1.82) is 0 Å². The van der Waals surface area contributed by atoms with Crippen LogP contribution in [0.2, 0.25) is 0 Å². The van der Waals surface area contributed by atoms with E-state index in [0.717, 1.165) is 41.1 Å². The van der Waals surface area contributed by atoms with E-state index in [1.54, 1.807) is 21.3 Å². The second-order valence-electron chi connectivity index (χ2n) is 6.60. The maximum absolute atomic E-state index is 13.1.